The summed E-state index contributed by atoms with van der Waals surface area (Å²) >= 11 is 9.25. The average molecular weight is 373 g/mol. The van der Waals surface area contributed by atoms with Crippen LogP contribution in [0.15, 0.2) is 29.0 Å². The van der Waals surface area contributed by atoms with E-state index in [0.717, 1.165) is 0 Å². The lowest BCUT2D eigenvalue weighted by molar-refractivity contribution is 0.0601. The van der Waals surface area contributed by atoms with E-state index in [1.54, 1.807) is 17.7 Å². The minimum atomic E-state index is -0.536. The molecule has 2 rings (SSSR count). The first-order valence-electron chi connectivity index (χ1n) is 5.80. The largest absolute Gasteiger partial charge is 0.465 e. The van der Waals surface area contributed by atoms with E-state index in [9.17, 15) is 9.59 Å². The zero-order valence-corrected chi connectivity index (χ0v) is 13.5. The lowest BCUT2D eigenvalue weighted by Crippen LogP contribution is -2.17. The maximum atomic E-state index is 12.1. The highest BCUT2D eigenvalue weighted by Crippen LogP contribution is 2.22. The second-order valence-corrected chi connectivity index (χ2v) is 5.32. The number of carbonyl (C=O) groups excluding carboxylic acids is 2. The van der Waals surface area contributed by atoms with Gasteiger partial charge in [0.2, 0.25) is 0 Å². The fourth-order valence-corrected chi connectivity index (χ4v) is 2.18. The van der Waals surface area contributed by atoms with E-state index in [0.29, 0.717) is 10.3 Å². The first-order valence-corrected chi connectivity index (χ1v) is 6.97. The molecule has 0 saturated heterocycles. The van der Waals surface area contributed by atoms with Gasteiger partial charge in [-0.15, -0.1) is 0 Å². The number of amides is 1. The second-order valence-electron chi connectivity index (χ2n) is 4.10. The Kier molecular flexibility index (Phi) is 4.64. The molecule has 1 amide bonds. The Morgan fingerprint density at radius 2 is 2.14 bits per heavy atom. The number of nitrogens with one attached hydrogen (secondary N) is 1. The second kappa shape index (κ2) is 6.28. The van der Waals surface area contributed by atoms with Crippen LogP contribution < -0.4 is 5.32 Å². The number of carbonyl (C=O) groups is 2. The van der Waals surface area contributed by atoms with Crippen LogP contribution in [0.3, 0.4) is 0 Å². The number of hydrogen-bond donors (Lipinski definition) is 1. The molecule has 6 nitrogen and oxygen atoms in total. The van der Waals surface area contributed by atoms with E-state index in [-0.39, 0.29) is 22.3 Å². The maximum absolute atomic E-state index is 12.1. The van der Waals surface area contributed by atoms with Crippen molar-refractivity contribution in [2.24, 2.45) is 7.05 Å². The van der Waals surface area contributed by atoms with E-state index in [4.69, 9.17) is 11.6 Å². The number of aromatic nitrogens is 2. The molecule has 0 aliphatic heterocycles. The van der Waals surface area contributed by atoms with Crippen molar-refractivity contribution < 1.29 is 14.3 Å². The third kappa shape index (κ3) is 3.25. The van der Waals surface area contributed by atoms with Gasteiger partial charge in [0, 0.05) is 12.7 Å². The summed E-state index contributed by atoms with van der Waals surface area (Å²) in [4.78, 5) is 27.5. The molecule has 8 heteroatoms. The minimum absolute atomic E-state index is 0.195. The molecule has 2 aromatic rings. The third-order valence-corrected chi connectivity index (χ3v) is 3.82. The van der Waals surface area contributed by atoms with Crippen LogP contribution in [0.25, 0.3) is 0 Å². The predicted octanol–water partition coefficient (Wildman–Crippen LogP) is 2.87. The summed E-state index contributed by atoms with van der Waals surface area (Å²) in [6.07, 6.45) is 1.53. The maximum Gasteiger partial charge on any atom is 0.339 e. The molecular formula is C13H11BrClN3O3. The topological polar surface area (TPSA) is 73.2 Å². The van der Waals surface area contributed by atoms with E-state index in [1.165, 1.54) is 25.4 Å². The Bertz CT molecular complexity index is 715. The first-order chi connectivity index (χ1) is 9.93. The van der Waals surface area contributed by atoms with E-state index in [2.05, 4.69) is 31.0 Å². The average Bonchev–Trinajstić information content (AvgIpc) is 2.78. The highest BCUT2D eigenvalue weighted by molar-refractivity contribution is 9.10. The Hall–Kier alpha value is -1.86. The van der Waals surface area contributed by atoms with Crippen molar-refractivity contribution in [3.05, 3.63) is 45.4 Å². The zero-order chi connectivity index (χ0) is 15.6. The summed E-state index contributed by atoms with van der Waals surface area (Å²) in [5, 5.41) is 2.85. The molecule has 1 N–H and O–H groups in total. The molecule has 0 bridgehead atoms. The van der Waals surface area contributed by atoms with Crippen LogP contribution in [0.1, 0.15) is 21.0 Å². The van der Waals surface area contributed by atoms with Crippen LogP contribution in [0.2, 0.25) is 5.02 Å². The monoisotopic (exact) mass is 371 g/mol. The lowest BCUT2D eigenvalue weighted by Gasteiger charge is -2.08. The van der Waals surface area contributed by atoms with Gasteiger partial charge in [0.1, 0.15) is 4.60 Å². The number of hydrogen-bond acceptors (Lipinski definition) is 4. The fraction of sp³-hybridized carbons (Fsp3) is 0.154. The summed E-state index contributed by atoms with van der Waals surface area (Å²) in [7, 11) is 2.98. The van der Waals surface area contributed by atoms with Gasteiger partial charge in [-0.2, -0.15) is 0 Å². The summed E-state index contributed by atoms with van der Waals surface area (Å²) < 4.78 is 6.88. The molecule has 0 radical (unpaired) electrons. The van der Waals surface area contributed by atoms with Gasteiger partial charge in [0.25, 0.3) is 5.91 Å². The molecule has 0 spiro atoms. The van der Waals surface area contributed by atoms with Crippen molar-refractivity contribution >= 4 is 45.1 Å². The number of methoxy groups -OCH3 is 1. The molecule has 21 heavy (non-hydrogen) atoms. The molecular weight excluding hydrogens is 362 g/mol. The summed E-state index contributed by atoms with van der Waals surface area (Å²) in [5.74, 6) is -0.675. The molecule has 0 saturated carbocycles. The smallest absolute Gasteiger partial charge is 0.339 e. The van der Waals surface area contributed by atoms with Crippen molar-refractivity contribution in [3.63, 3.8) is 0 Å². The molecule has 0 unspecified atom stereocenters. The van der Waals surface area contributed by atoms with Crippen LogP contribution in [0.4, 0.5) is 5.69 Å². The quantitative estimate of drug-likeness (QED) is 0.841. The molecule has 0 aliphatic rings. The van der Waals surface area contributed by atoms with Crippen LogP contribution >= 0.6 is 27.5 Å². The predicted molar refractivity (Wildman–Crippen MR) is 81.7 cm³/mol. The fourth-order valence-electron chi connectivity index (χ4n) is 1.66. The number of imidazole rings is 1. The van der Waals surface area contributed by atoms with Crippen molar-refractivity contribution in [1.29, 1.82) is 0 Å². The molecule has 0 fully saturated rings. The molecule has 0 atom stereocenters. The summed E-state index contributed by atoms with van der Waals surface area (Å²) in [6, 6.07) is 4.52. The number of rotatable bonds is 3. The van der Waals surface area contributed by atoms with Crippen LogP contribution in [0.5, 0.6) is 0 Å². The van der Waals surface area contributed by atoms with Gasteiger partial charge in [-0.05, 0) is 34.1 Å². The normalized spacial score (nSPS) is 10.3. The Balaban J connectivity index is 2.21. The lowest BCUT2D eigenvalue weighted by atomic mass is 10.2. The van der Waals surface area contributed by atoms with Crippen molar-refractivity contribution in [3.8, 4) is 0 Å². The molecule has 0 aliphatic carbocycles. The Morgan fingerprint density at radius 1 is 1.43 bits per heavy atom. The number of esters is 1. The van der Waals surface area contributed by atoms with Crippen molar-refractivity contribution in [2.45, 2.75) is 0 Å². The van der Waals surface area contributed by atoms with E-state index >= 15 is 0 Å². The van der Waals surface area contributed by atoms with E-state index < -0.39 is 5.97 Å². The number of halogens is 2. The Labute approximate surface area is 134 Å². The number of anilines is 1. The number of ether oxygens (including phenoxy) is 1. The van der Waals surface area contributed by atoms with Gasteiger partial charge in [-0.3, -0.25) is 4.79 Å². The van der Waals surface area contributed by atoms with Crippen molar-refractivity contribution in [1.82, 2.24) is 9.55 Å². The molecule has 1 heterocycles. The number of benzene rings is 1. The molecule has 1 aromatic heterocycles. The summed E-state index contributed by atoms with van der Waals surface area (Å²) in [6.45, 7) is 0. The van der Waals surface area contributed by atoms with Crippen LogP contribution in [-0.2, 0) is 11.8 Å². The van der Waals surface area contributed by atoms with Crippen molar-refractivity contribution in [2.75, 3.05) is 12.4 Å². The summed E-state index contributed by atoms with van der Waals surface area (Å²) in [5.41, 5.74) is 0.689. The van der Waals surface area contributed by atoms with Gasteiger partial charge in [-0.25, -0.2) is 9.78 Å². The van der Waals surface area contributed by atoms with E-state index in [1.807, 2.05) is 0 Å². The van der Waals surface area contributed by atoms with Crippen LogP contribution in [0, 0.1) is 0 Å². The number of nitrogens with zero attached hydrogens (tertiary/aromatic N) is 2. The van der Waals surface area contributed by atoms with Gasteiger partial charge in [0.05, 0.1) is 23.9 Å². The highest BCUT2D eigenvalue weighted by atomic mass is 79.9. The van der Waals surface area contributed by atoms with Gasteiger partial charge < -0.3 is 14.6 Å². The van der Waals surface area contributed by atoms with Gasteiger partial charge in [-0.1, -0.05) is 11.6 Å². The SMILES string of the molecule is COC(=O)c1ccc(NC(=O)c2ncc(Br)n2C)cc1Cl. The zero-order valence-electron chi connectivity index (χ0n) is 11.2. The first kappa shape index (κ1) is 15.5. The molecule has 110 valence electrons. The third-order valence-electron chi connectivity index (χ3n) is 2.77. The molecule has 1 aromatic carbocycles. The minimum Gasteiger partial charge on any atom is -0.465 e. The van der Waals surface area contributed by atoms with Gasteiger partial charge >= 0.3 is 5.97 Å². The highest BCUT2D eigenvalue weighted by Gasteiger charge is 2.15. The van der Waals surface area contributed by atoms with Gasteiger partial charge in [0.15, 0.2) is 5.82 Å². The Morgan fingerprint density at radius 3 is 2.67 bits per heavy atom. The standard InChI is InChI=1S/C13H11BrClN3O3/c1-18-10(14)6-16-11(18)12(19)17-7-3-4-8(9(15)5-7)13(20)21-2/h3-6H,1-2H3,(H,17,19). The van der Waals surface area contributed by atoms with Crippen LogP contribution in [-0.4, -0.2) is 28.5 Å².